The number of rotatable bonds is 9. The number of alkyl halides is 3. The van der Waals surface area contributed by atoms with Crippen molar-refractivity contribution in [3.05, 3.63) is 22.6 Å². The molecule has 4 heterocycles. The number of halogens is 3. The van der Waals surface area contributed by atoms with Crippen molar-refractivity contribution < 1.29 is 22.7 Å². The highest BCUT2D eigenvalue weighted by Crippen LogP contribution is 2.35. The predicted molar refractivity (Wildman–Crippen MR) is 124 cm³/mol. The van der Waals surface area contributed by atoms with E-state index in [2.05, 4.69) is 32.4 Å². The summed E-state index contributed by atoms with van der Waals surface area (Å²) in [6, 6.07) is 2.20. The molecule has 0 saturated heterocycles. The molecule has 0 aliphatic carbocycles. The summed E-state index contributed by atoms with van der Waals surface area (Å²) >= 11 is 2.98. The number of thioether (sulfide) groups is 1. The summed E-state index contributed by atoms with van der Waals surface area (Å²) in [5, 5.41) is 10.7. The first-order chi connectivity index (χ1) is 16.3. The van der Waals surface area contributed by atoms with Gasteiger partial charge in [-0.2, -0.15) is 34.9 Å². The van der Waals surface area contributed by atoms with Crippen LogP contribution in [0.15, 0.2) is 6.07 Å². The van der Waals surface area contributed by atoms with Gasteiger partial charge < -0.3 is 19.5 Å². The minimum absolute atomic E-state index is 0.0775. The average Bonchev–Trinajstić information content (AvgIpc) is 3.39. The second-order valence-corrected chi connectivity index (χ2v) is 9.63. The molecular formula is C20H24F3N7O2S2. The fourth-order valence-corrected chi connectivity index (χ4v) is 5.16. The van der Waals surface area contributed by atoms with Gasteiger partial charge in [-0.15, -0.1) is 21.5 Å². The number of nitrogens with one attached hydrogen (secondary N) is 1. The lowest BCUT2D eigenvalue weighted by molar-refractivity contribution is -0.147. The van der Waals surface area contributed by atoms with E-state index in [1.165, 1.54) is 11.8 Å². The normalized spacial score (nSPS) is 13.9. The van der Waals surface area contributed by atoms with Gasteiger partial charge in [0.2, 0.25) is 11.7 Å². The third kappa shape index (κ3) is 5.37. The number of ether oxygens (including phenoxy) is 1. The minimum atomic E-state index is -4.55. The monoisotopic (exact) mass is 515 g/mol. The number of aromatic nitrogens is 5. The molecule has 0 aromatic carbocycles. The van der Waals surface area contributed by atoms with Gasteiger partial charge in [0.05, 0.1) is 24.2 Å². The van der Waals surface area contributed by atoms with Crippen LogP contribution in [0.2, 0.25) is 0 Å². The first-order valence-electron chi connectivity index (χ1n) is 10.7. The number of anilines is 1. The highest BCUT2D eigenvalue weighted by molar-refractivity contribution is 7.99. The molecular weight excluding hydrogens is 491 g/mol. The summed E-state index contributed by atoms with van der Waals surface area (Å²) in [6.07, 6.45) is -0.838. The van der Waals surface area contributed by atoms with Crippen LogP contribution in [0.5, 0.6) is 6.01 Å². The predicted octanol–water partition coefficient (Wildman–Crippen LogP) is 3.13. The van der Waals surface area contributed by atoms with Gasteiger partial charge in [-0.25, -0.2) is 0 Å². The van der Waals surface area contributed by atoms with Crippen molar-refractivity contribution in [1.82, 2.24) is 30.0 Å². The third-order valence-corrected chi connectivity index (χ3v) is 6.78. The second kappa shape index (κ2) is 10.3. The van der Waals surface area contributed by atoms with E-state index in [1.807, 2.05) is 17.2 Å². The van der Waals surface area contributed by atoms with Gasteiger partial charge in [-0.3, -0.25) is 4.79 Å². The number of amides is 1. The quantitative estimate of drug-likeness (QED) is 0.434. The zero-order valence-corrected chi connectivity index (χ0v) is 20.3. The number of carbonyl (C=O) groups is 1. The molecule has 0 radical (unpaired) electrons. The Hall–Kier alpha value is -2.61. The number of nitrogens with zero attached hydrogens (tertiary/aromatic N) is 6. The van der Waals surface area contributed by atoms with E-state index >= 15 is 0 Å². The van der Waals surface area contributed by atoms with E-state index in [-0.39, 0.29) is 37.4 Å². The van der Waals surface area contributed by atoms with E-state index in [1.54, 1.807) is 11.3 Å². The van der Waals surface area contributed by atoms with Crippen molar-refractivity contribution in [3.63, 3.8) is 0 Å². The highest BCUT2D eigenvalue weighted by Gasteiger charge is 2.39. The summed E-state index contributed by atoms with van der Waals surface area (Å²) in [7, 11) is 0. The maximum absolute atomic E-state index is 13.2. The van der Waals surface area contributed by atoms with Gasteiger partial charge in [-0.05, 0) is 18.7 Å². The number of carbonyl (C=O) groups excluding carboxylic acids is 1. The fraction of sp³-hybridized carbons (Fsp3) is 0.550. The molecule has 4 rings (SSSR count). The molecule has 0 fully saturated rings. The molecule has 1 amide bonds. The first-order valence-corrected chi connectivity index (χ1v) is 12.9. The molecule has 3 aromatic heterocycles. The van der Waals surface area contributed by atoms with Gasteiger partial charge in [0.1, 0.15) is 17.3 Å². The Bertz CT molecular complexity index is 1170. The van der Waals surface area contributed by atoms with Crippen molar-refractivity contribution in [1.29, 1.82) is 0 Å². The summed E-state index contributed by atoms with van der Waals surface area (Å²) < 4.78 is 46.4. The van der Waals surface area contributed by atoms with Crippen LogP contribution in [0.1, 0.15) is 29.9 Å². The van der Waals surface area contributed by atoms with Crippen LogP contribution in [-0.4, -0.2) is 62.3 Å². The molecule has 0 bridgehead atoms. The van der Waals surface area contributed by atoms with Crippen LogP contribution in [-0.2, 0) is 30.5 Å². The number of hydrogen-bond donors (Lipinski definition) is 1. The van der Waals surface area contributed by atoms with Crippen molar-refractivity contribution >= 4 is 45.0 Å². The zero-order chi connectivity index (χ0) is 24.3. The van der Waals surface area contributed by atoms with Crippen molar-refractivity contribution in [3.8, 4) is 6.01 Å². The lowest BCUT2D eigenvalue weighted by Gasteiger charge is -2.29. The van der Waals surface area contributed by atoms with E-state index < -0.39 is 12.0 Å². The van der Waals surface area contributed by atoms with Crippen LogP contribution < -0.4 is 15.0 Å². The molecule has 0 atom stereocenters. The van der Waals surface area contributed by atoms with Crippen LogP contribution in [0.3, 0.4) is 0 Å². The third-order valence-electron chi connectivity index (χ3n) is 5.14. The molecule has 1 aliphatic rings. The van der Waals surface area contributed by atoms with Crippen LogP contribution in [0.25, 0.3) is 10.2 Å². The summed E-state index contributed by atoms with van der Waals surface area (Å²) in [5.74, 6) is 0.133. The molecule has 0 saturated carbocycles. The van der Waals surface area contributed by atoms with Crippen LogP contribution in [0.4, 0.5) is 19.0 Å². The molecule has 0 spiro atoms. The average molecular weight is 516 g/mol. The highest BCUT2D eigenvalue weighted by atomic mass is 32.2. The molecule has 0 unspecified atom stereocenters. The Kier molecular flexibility index (Phi) is 7.45. The smallest absolute Gasteiger partial charge is 0.451 e. The Morgan fingerprint density at radius 3 is 2.85 bits per heavy atom. The van der Waals surface area contributed by atoms with Crippen molar-refractivity contribution in [2.45, 2.75) is 39.0 Å². The van der Waals surface area contributed by atoms with Gasteiger partial charge in [0.25, 0.3) is 0 Å². The maximum atomic E-state index is 13.2. The van der Waals surface area contributed by atoms with Gasteiger partial charge in [0, 0.05) is 18.0 Å². The van der Waals surface area contributed by atoms with Gasteiger partial charge in [0.15, 0.2) is 5.82 Å². The lowest BCUT2D eigenvalue weighted by Crippen LogP contribution is -2.36. The molecule has 34 heavy (non-hydrogen) atoms. The van der Waals surface area contributed by atoms with Crippen LogP contribution in [0, 0.1) is 0 Å². The molecule has 9 nitrogen and oxygen atoms in total. The van der Waals surface area contributed by atoms with E-state index in [9.17, 15) is 18.0 Å². The molecule has 3 aromatic rings. The second-order valence-electron chi connectivity index (χ2n) is 7.65. The van der Waals surface area contributed by atoms with E-state index in [0.717, 1.165) is 32.5 Å². The maximum Gasteiger partial charge on any atom is 0.451 e. The topological polar surface area (TPSA) is 98.1 Å². The fourth-order valence-electron chi connectivity index (χ4n) is 3.68. The van der Waals surface area contributed by atoms with Crippen molar-refractivity contribution in [2.24, 2.45) is 0 Å². The minimum Gasteiger partial charge on any atom is -0.462 e. The first kappa shape index (κ1) is 24.5. The lowest BCUT2D eigenvalue weighted by atomic mass is 10.2. The SMILES string of the molecule is CCCc1cc2c(N3CCn4c(nnc4C(F)(F)F)C3)nc(OCCNC(=O)CSC)nc2s1. The molecule has 184 valence electrons. The van der Waals surface area contributed by atoms with Crippen LogP contribution >= 0.6 is 23.1 Å². The van der Waals surface area contributed by atoms with E-state index in [0.29, 0.717) is 24.7 Å². The summed E-state index contributed by atoms with van der Waals surface area (Å²) in [5.41, 5.74) is 0. The molecule has 1 N–H and O–H groups in total. The largest absolute Gasteiger partial charge is 0.462 e. The molecule has 1 aliphatic heterocycles. The Morgan fingerprint density at radius 2 is 2.12 bits per heavy atom. The zero-order valence-electron chi connectivity index (χ0n) is 18.7. The summed E-state index contributed by atoms with van der Waals surface area (Å²) in [4.78, 5) is 24.5. The number of thiophene rings is 1. The number of hydrogen-bond acceptors (Lipinski definition) is 9. The molecule has 14 heteroatoms. The van der Waals surface area contributed by atoms with Gasteiger partial charge in [-0.1, -0.05) is 13.3 Å². The standard InChI is InChI=1S/C20H24F3N7O2S2/c1-3-4-12-9-13-16(29-6-7-30-14(10-29)27-28-18(30)20(21,22)23)25-19(26-17(13)34-12)32-8-5-24-15(31)11-33-2/h9H,3-8,10-11H2,1-2H3,(H,24,31). The summed E-state index contributed by atoms with van der Waals surface area (Å²) in [6.45, 7) is 3.14. The Balaban J connectivity index is 1.58. The number of fused-ring (bicyclic) bond motifs is 2. The number of aryl methyl sites for hydroxylation is 1. The van der Waals surface area contributed by atoms with E-state index in [4.69, 9.17) is 4.74 Å². The van der Waals surface area contributed by atoms with Gasteiger partial charge >= 0.3 is 12.2 Å². The van der Waals surface area contributed by atoms with Crippen molar-refractivity contribution in [2.75, 3.05) is 36.6 Å². The Morgan fingerprint density at radius 1 is 1.29 bits per heavy atom. The Labute approximate surface area is 202 Å².